The van der Waals surface area contributed by atoms with E-state index >= 15 is 0 Å². The summed E-state index contributed by atoms with van der Waals surface area (Å²) in [6.07, 6.45) is 8.79. The van der Waals surface area contributed by atoms with Crippen molar-refractivity contribution in [2.45, 2.75) is 31.8 Å². The maximum Gasteiger partial charge on any atom is -0.00167 e. The number of rotatable bonds is 2. The van der Waals surface area contributed by atoms with Crippen molar-refractivity contribution in [2.24, 2.45) is 0 Å². The molecule has 1 aromatic rings. The highest BCUT2D eigenvalue weighted by atomic mass is 31.1. The van der Waals surface area contributed by atoms with Crippen LogP contribution in [0.25, 0.3) is 0 Å². The molecule has 2 unspecified atom stereocenters. The Kier molecular flexibility index (Phi) is 3.37. The van der Waals surface area contributed by atoms with Crippen LogP contribution in [0.2, 0.25) is 0 Å². The highest BCUT2D eigenvalue weighted by Crippen LogP contribution is 2.27. The molecule has 0 heterocycles. The van der Waals surface area contributed by atoms with Crippen LogP contribution in [0.3, 0.4) is 0 Å². The molecule has 2 atom stereocenters. The second-order valence-corrected chi connectivity index (χ2v) is 5.58. The maximum absolute atomic E-state index is 2.40. The molecule has 0 bridgehead atoms. The first-order chi connectivity index (χ1) is 6.84. The van der Waals surface area contributed by atoms with Crippen LogP contribution in [0, 0.1) is 6.92 Å². The van der Waals surface area contributed by atoms with Gasteiger partial charge in [0.25, 0.3) is 0 Å². The smallest absolute Gasteiger partial charge is 0.00167 e. The maximum atomic E-state index is 2.40. The van der Waals surface area contributed by atoms with E-state index in [0.29, 0.717) is 0 Å². The molecule has 0 aliphatic heterocycles. The number of allylic oxidation sites excluding steroid dienone is 2. The van der Waals surface area contributed by atoms with Gasteiger partial charge in [-0.2, -0.15) is 0 Å². The molecule has 0 fully saturated rings. The Morgan fingerprint density at radius 1 is 1.21 bits per heavy atom. The third-order valence-corrected chi connectivity index (χ3v) is 4.18. The Hall–Kier alpha value is -0.610. The molecule has 14 heavy (non-hydrogen) atoms. The lowest BCUT2D eigenvalue weighted by molar-refractivity contribution is 0.739. The van der Waals surface area contributed by atoms with Gasteiger partial charge in [0.2, 0.25) is 0 Å². The average molecular weight is 204 g/mol. The summed E-state index contributed by atoms with van der Waals surface area (Å²) in [6, 6.07) is 8.98. The van der Waals surface area contributed by atoms with Crippen molar-refractivity contribution < 1.29 is 0 Å². The summed E-state index contributed by atoms with van der Waals surface area (Å²) in [5, 5.41) is 1.51. The minimum Gasteiger partial charge on any atom is -0.0879 e. The quantitative estimate of drug-likeness (QED) is 0.511. The number of benzene rings is 1. The van der Waals surface area contributed by atoms with E-state index in [2.05, 4.69) is 43.3 Å². The van der Waals surface area contributed by atoms with E-state index in [0.717, 1.165) is 14.2 Å². The van der Waals surface area contributed by atoms with Crippen molar-refractivity contribution in [3.05, 3.63) is 42.0 Å². The highest BCUT2D eigenvalue weighted by molar-refractivity contribution is 7.48. The van der Waals surface area contributed by atoms with Crippen molar-refractivity contribution in [1.29, 1.82) is 0 Å². The molecule has 0 radical (unpaired) electrons. The minimum atomic E-state index is 0.812. The van der Waals surface area contributed by atoms with Crippen LogP contribution in [0.5, 0.6) is 0 Å². The molecule has 0 N–H and O–H groups in total. The summed E-state index contributed by atoms with van der Waals surface area (Å²) >= 11 is 0. The third kappa shape index (κ3) is 2.69. The van der Waals surface area contributed by atoms with Crippen LogP contribution in [0.1, 0.15) is 24.8 Å². The van der Waals surface area contributed by atoms with E-state index in [9.17, 15) is 0 Å². The minimum absolute atomic E-state index is 0.812. The van der Waals surface area contributed by atoms with Gasteiger partial charge in [0.05, 0.1) is 0 Å². The molecule has 0 spiro atoms. The van der Waals surface area contributed by atoms with Crippen LogP contribution in [-0.4, -0.2) is 5.66 Å². The van der Waals surface area contributed by atoms with Crippen LogP contribution in [0.15, 0.2) is 36.4 Å². The van der Waals surface area contributed by atoms with Crippen LogP contribution in [0.4, 0.5) is 0 Å². The number of hydrogen-bond donors (Lipinski definition) is 0. The summed E-state index contributed by atoms with van der Waals surface area (Å²) in [5.41, 5.74) is 2.17. The monoisotopic (exact) mass is 204 g/mol. The fourth-order valence-electron chi connectivity index (χ4n) is 1.80. The molecule has 0 nitrogen and oxygen atoms in total. The Balaban J connectivity index is 1.99. The second-order valence-electron chi connectivity index (χ2n) is 3.98. The summed E-state index contributed by atoms with van der Waals surface area (Å²) in [7, 11) is 0.963. The summed E-state index contributed by atoms with van der Waals surface area (Å²) in [4.78, 5) is 0. The van der Waals surface area contributed by atoms with Crippen molar-refractivity contribution >= 4 is 13.9 Å². The number of aryl methyl sites for hydroxylation is 1. The van der Waals surface area contributed by atoms with Gasteiger partial charge in [0.1, 0.15) is 0 Å². The van der Waals surface area contributed by atoms with Crippen molar-refractivity contribution in [3.63, 3.8) is 0 Å². The standard InChI is InChI=1S/C13H17P/c1-11-7-9-13(10-8-11)14-12-5-3-2-4-6-12/h3,5,7-10,12,14H,2,4,6H2,1H3. The molecule has 0 amide bonds. The third-order valence-electron chi connectivity index (χ3n) is 2.66. The molecule has 0 saturated heterocycles. The van der Waals surface area contributed by atoms with Crippen LogP contribution >= 0.6 is 8.58 Å². The molecular weight excluding hydrogens is 187 g/mol. The van der Waals surface area contributed by atoms with Crippen LogP contribution < -0.4 is 5.30 Å². The first-order valence-corrected chi connectivity index (χ1v) is 6.42. The zero-order chi connectivity index (χ0) is 9.80. The van der Waals surface area contributed by atoms with Gasteiger partial charge in [0.15, 0.2) is 0 Å². The van der Waals surface area contributed by atoms with E-state index in [-0.39, 0.29) is 0 Å². The predicted octanol–water partition coefficient (Wildman–Crippen LogP) is 3.41. The van der Waals surface area contributed by atoms with Crippen molar-refractivity contribution in [1.82, 2.24) is 0 Å². The van der Waals surface area contributed by atoms with E-state index in [1.165, 1.54) is 30.1 Å². The predicted molar refractivity (Wildman–Crippen MR) is 65.9 cm³/mol. The highest BCUT2D eigenvalue weighted by Gasteiger charge is 2.08. The zero-order valence-corrected chi connectivity index (χ0v) is 9.66. The van der Waals surface area contributed by atoms with Gasteiger partial charge in [-0.15, -0.1) is 0 Å². The first kappa shape index (κ1) is 9.93. The SMILES string of the molecule is Cc1ccc(PC2C=CCCC2)cc1. The van der Waals surface area contributed by atoms with Gasteiger partial charge >= 0.3 is 0 Å². The van der Waals surface area contributed by atoms with Gasteiger partial charge in [-0.1, -0.05) is 50.6 Å². The second kappa shape index (κ2) is 4.75. The van der Waals surface area contributed by atoms with Crippen LogP contribution in [-0.2, 0) is 0 Å². The molecular formula is C13H17P. The molecule has 1 aliphatic carbocycles. The molecule has 74 valence electrons. The van der Waals surface area contributed by atoms with Crippen molar-refractivity contribution in [3.8, 4) is 0 Å². The van der Waals surface area contributed by atoms with Gasteiger partial charge in [-0.3, -0.25) is 0 Å². The number of hydrogen-bond acceptors (Lipinski definition) is 0. The summed E-state index contributed by atoms with van der Waals surface area (Å²) < 4.78 is 0. The largest absolute Gasteiger partial charge is 0.0879 e. The topological polar surface area (TPSA) is 0 Å². The molecule has 1 aromatic carbocycles. The van der Waals surface area contributed by atoms with Gasteiger partial charge in [0, 0.05) is 0 Å². The first-order valence-electron chi connectivity index (χ1n) is 5.34. The van der Waals surface area contributed by atoms with Gasteiger partial charge in [-0.05, 0) is 37.1 Å². The fraction of sp³-hybridized carbons (Fsp3) is 0.385. The van der Waals surface area contributed by atoms with E-state index in [1.807, 2.05) is 0 Å². The normalized spacial score (nSPS) is 21.9. The van der Waals surface area contributed by atoms with Gasteiger partial charge < -0.3 is 0 Å². The van der Waals surface area contributed by atoms with E-state index in [4.69, 9.17) is 0 Å². The molecule has 1 heteroatoms. The summed E-state index contributed by atoms with van der Waals surface area (Å²) in [5.74, 6) is 0. The van der Waals surface area contributed by atoms with E-state index in [1.54, 1.807) is 0 Å². The lowest BCUT2D eigenvalue weighted by Crippen LogP contribution is -2.06. The van der Waals surface area contributed by atoms with E-state index < -0.39 is 0 Å². The molecule has 2 rings (SSSR count). The Morgan fingerprint density at radius 3 is 2.64 bits per heavy atom. The average Bonchev–Trinajstić information content (AvgIpc) is 2.23. The van der Waals surface area contributed by atoms with Gasteiger partial charge in [-0.25, -0.2) is 0 Å². The summed E-state index contributed by atoms with van der Waals surface area (Å²) in [6.45, 7) is 2.15. The van der Waals surface area contributed by atoms with Crippen molar-refractivity contribution in [2.75, 3.05) is 0 Å². The Labute approximate surface area is 88.2 Å². The molecule has 1 aliphatic rings. The molecule has 0 aromatic heterocycles. The zero-order valence-electron chi connectivity index (χ0n) is 8.66. The fourth-order valence-corrected chi connectivity index (χ4v) is 3.16. The molecule has 0 saturated carbocycles. The lowest BCUT2D eigenvalue weighted by atomic mass is 10.1. The lowest BCUT2D eigenvalue weighted by Gasteiger charge is -2.16. The Bertz CT molecular complexity index is 311. The Morgan fingerprint density at radius 2 is 2.00 bits per heavy atom.